The van der Waals surface area contributed by atoms with Crippen LogP contribution in [0.15, 0.2) is 52.5 Å². The van der Waals surface area contributed by atoms with Crippen LogP contribution in [0.25, 0.3) is 0 Å². The molecule has 3 aromatic rings. The topological polar surface area (TPSA) is 101 Å². The van der Waals surface area contributed by atoms with Gasteiger partial charge >= 0.3 is 5.69 Å². The van der Waals surface area contributed by atoms with Crippen LogP contribution in [0.5, 0.6) is 11.5 Å². The van der Waals surface area contributed by atoms with Gasteiger partial charge in [0.05, 0.1) is 19.5 Å². The van der Waals surface area contributed by atoms with E-state index < -0.39 is 5.69 Å². The number of methoxy groups -OCH3 is 1. The smallest absolute Gasteiger partial charge is 0.363 e. The number of halogens is 2. The molecule has 144 valence electrons. The maximum Gasteiger partial charge on any atom is 0.363 e. The van der Waals surface area contributed by atoms with Gasteiger partial charge in [-0.05, 0) is 35.9 Å². The average Bonchev–Trinajstić information content (AvgIpc) is 2.68. The number of nitrogens with zero attached hydrogens (tertiary/aromatic N) is 3. The Kier molecular flexibility index (Phi) is 6.46. The summed E-state index contributed by atoms with van der Waals surface area (Å²) in [6.07, 6.45) is 2.89. The third-order valence-corrected chi connectivity index (χ3v) is 4.29. The summed E-state index contributed by atoms with van der Waals surface area (Å²) in [6, 6.07) is 10.6. The van der Waals surface area contributed by atoms with Crippen LogP contribution in [0.1, 0.15) is 11.1 Å². The van der Waals surface area contributed by atoms with Gasteiger partial charge in [0.25, 0.3) is 0 Å². The lowest BCUT2D eigenvalue weighted by atomic mass is 10.2. The van der Waals surface area contributed by atoms with E-state index in [-0.39, 0.29) is 12.4 Å². The number of H-pyrrole nitrogens is 1. The van der Waals surface area contributed by atoms with E-state index in [0.717, 1.165) is 5.56 Å². The first-order valence-corrected chi connectivity index (χ1v) is 8.77. The first-order valence-electron chi connectivity index (χ1n) is 8.01. The molecule has 0 atom stereocenters. The zero-order valence-corrected chi connectivity index (χ0v) is 16.2. The maximum atomic E-state index is 11.1. The Hall–Kier alpha value is -3.10. The molecule has 0 spiro atoms. The summed E-state index contributed by atoms with van der Waals surface area (Å²) in [4.78, 5) is 14.7. The largest absolute Gasteiger partial charge is 0.493 e. The molecule has 0 radical (unpaired) electrons. The van der Waals surface area contributed by atoms with E-state index >= 15 is 0 Å². The summed E-state index contributed by atoms with van der Waals surface area (Å²) < 4.78 is 11.2. The number of nitrogens with one attached hydrogen (secondary N) is 2. The Bertz CT molecular complexity index is 1040. The average molecular weight is 420 g/mol. The molecule has 0 unspecified atom stereocenters. The highest BCUT2D eigenvalue weighted by molar-refractivity contribution is 6.35. The minimum atomic E-state index is -0.568. The Morgan fingerprint density at radius 3 is 2.71 bits per heavy atom. The molecule has 0 saturated carbocycles. The van der Waals surface area contributed by atoms with E-state index in [9.17, 15) is 4.79 Å². The lowest BCUT2D eigenvalue weighted by Crippen LogP contribution is -2.13. The zero-order valence-electron chi connectivity index (χ0n) is 14.6. The van der Waals surface area contributed by atoms with Crippen LogP contribution in [0.2, 0.25) is 10.0 Å². The SMILES string of the molecule is COc1cc(/C=N/Nc2cn[nH]c(=O)n2)ccc1OCc1c(Cl)cccc1Cl. The third-order valence-electron chi connectivity index (χ3n) is 3.58. The van der Waals surface area contributed by atoms with Crippen molar-refractivity contribution in [2.75, 3.05) is 12.5 Å². The van der Waals surface area contributed by atoms with Gasteiger partial charge in [0.15, 0.2) is 17.3 Å². The second-order valence-electron chi connectivity index (χ2n) is 5.44. The van der Waals surface area contributed by atoms with Gasteiger partial charge in [-0.1, -0.05) is 29.3 Å². The van der Waals surface area contributed by atoms with Crippen LogP contribution < -0.4 is 20.6 Å². The molecule has 3 rings (SSSR count). The summed E-state index contributed by atoms with van der Waals surface area (Å²) in [6.45, 7) is 0.199. The summed E-state index contributed by atoms with van der Waals surface area (Å²) >= 11 is 12.3. The van der Waals surface area contributed by atoms with E-state index in [0.29, 0.717) is 27.1 Å². The molecule has 1 aromatic heterocycles. The fraction of sp³-hybridized carbons (Fsp3) is 0.111. The van der Waals surface area contributed by atoms with Crippen LogP contribution >= 0.6 is 23.2 Å². The highest BCUT2D eigenvalue weighted by atomic mass is 35.5. The van der Waals surface area contributed by atoms with Gasteiger partial charge in [0.2, 0.25) is 0 Å². The van der Waals surface area contributed by atoms with Gasteiger partial charge in [0, 0.05) is 15.6 Å². The Morgan fingerprint density at radius 1 is 1.21 bits per heavy atom. The van der Waals surface area contributed by atoms with Crippen LogP contribution in [0.4, 0.5) is 5.82 Å². The van der Waals surface area contributed by atoms with Crippen molar-refractivity contribution in [3.63, 3.8) is 0 Å². The van der Waals surface area contributed by atoms with Crippen molar-refractivity contribution >= 4 is 35.2 Å². The highest BCUT2D eigenvalue weighted by Crippen LogP contribution is 2.31. The number of anilines is 1. The van der Waals surface area contributed by atoms with Crippen LogP contribution in [0.3, 0.4) is 0 Å². The first kappa shape index (κ1) is 19.7. The second kappa shape index (κ2) is 9.20. The summed E-state index contributed by atoms with van der Waals surface area (Å²) in [5, 5.41) is 10.9. The summed E-state index contributed by atoms with van der Waals surface area (Å²) in [7, 11) is 1.54. The fourth-order valence-corrected chi connectivity index (χ4v) is 2.75. The van der Waals surface area contributed by atoms with Gasteiger partial charge < -0.3 is 9.47 Å². The zero-order chi connectivity index (χ0) is 19.9. The van der Waals surface area contributed by atoms with Crippen LogP contribution in [-0.4, -0.2) is 28.5 Å². The molecule has 2 aromatic carbocycles. The molecule has 28 heavy (non-hydrogen) atoms. The molecule has 0 aliphatic carbocycles. The van der Waals surface area contributed by atoms with Gasteiger partial charge in [-0.3, -0.25) is 5.43 Å². The van der Waals surface area contributed by atoms with E-state index in [1.165, 1.54) is 13.3 Å². The van der Waals surface area contributed by atoms with E-state index in [1.807, 2.05) is 0 Å². The number of aromatic nitrogens is 3. The van der Waals surface area contributed by atoms with Crippen LogP contribution in [-0.2, 0) is 6.61 Å². The van der Waals surface area contributed by atoms with Crippen molar-refractivity contribution in [1.29, 1.82) is 0 Å². The van der Waals surface area contributed by atoms with Gasteiger partial charge in [-0.2, -0.15) is 15.2 Å². The summed E-state index contributed by atoms with van der Waals surface area (Å²) in [5.41, 5.74) is 3.49. The monoisotopic (exact) mass is 419 g/mol. The second-order valence-corrected chi connectivity index (χ2v) is 6.26. The number of hydrogen-bond acceptors (Lipinski definition) is 7. The molecule has 0 aliphatic heterocycles. The van der Waals surface area contributed by atoms with Crippen molar-refractivity contribution < 1.29 is 9.47 Å². The molecule has 1 heterocycles. The molecule has 10 heteroatoms. The molecular weight excluding hydrogens is 405 g/mol. The quantitative estimate of drug-likeness (QED) is 0.448. The van der Waals surface area contributed by atoms with Crippen molar-refractivity contribution in [3.05, 3.63) is 74.3 Å². The van der Waals surface area contributed by atoms with Gasteiger partial charge in [0.1, 0.15) is 6.61 Å². The fourth-order valence-electron chi connectivity index (χ4n) is 2.24. The molecule has 8 nitrogen and oxygen atoms in total. The van der Waals surface area contributed by atoms with Crippen LogP contribution in [0, 0.1) is 0 Å². The molecule has 0 amide bonds. The van der Waals surface area contributed by atoms with E-state index in [4.69, 9.17) is 32.7 Å². The Balaban J connectivity index is 1.69. The third kappa shape index (κ3) is 4.99. The van der Waals surface area contributed by atoms with Crippen molar-refractivity contribution in [3.8, 4) is 11.5 Å². The highest BCUT2D eigenvalue weighted by Gasteiger charge is 2.09. The van der Waals surface area contributed by atoms with E-state index in [2.05, 4.69) is 25.7 Å². The van der Waals surface area contributed by atoms with E-state index in [1.54, 1.807) is 42.6 Å². The Morgan fingerprint density at radius 2 is 2.00 bits per heavy atom. The number of hydrogen-bond donors (Lipinski definition) is 2. The minimum absolute atomic E-state index is 0.199. The number of benzene rings is 2. The Labute approximate surface area is 170 Å². The molecule has 0 fully saturated rings. The van der Waals surface area contributed by atoms with Gasteiger partial charge in [-0.15, -0.1) is 0 Å². The number of ether oxygens (including phenoxy) is 2. The minimum Gasteiger partial charge on any atom is -0.493 e. The number of aromatic amines is 1. The predicted molar refractivity (Wildman–Crippen MR) is 108 cm³/mol. The van der Waals surface area contributed by atoms with Gasteiger partial charge in [-0.25, -0.2) is 9.89 Å². The molecule has 0 saturated heterocycles. The lowest BCUT2D eigenvalue weighted by molar-refractivity contribution is 0.284. The number of rotatable bonds is 7. The molecule has 0 bridgehead atoms. The first-order chi connectivity index (χ1) is 13.6. The number of hydrazone groups is 1. The normalized spacial score (nSPS) is 10.8. The summed E-state index contributed by atoms with van der Waals surface area (Å²) in [5.74, 6) is 1.27. The molecular formula is C18H15Cl2N5O3. The predicted octanol–water partition coefficient (Wildman–Crippen LogP) is 3.51. The molecule has 0 aliphatic rings. The molecule has 2 N–H and O–H groups in total. The van der Waals surface area contributed by atoms with Crippen molar-refractivity contribution in [1.82, 2.24) is 15.2 Å². The maximum absolute atomic E-state index is 11.1. The standard InChI is InChI=1S/C18H15Cl2N5O3/c1-27-16-7-11(8-21-24-17-9-22-25-18(26)23-17)5-6-15(16)28-10-12-13(19)3-2-4-14(12)20/h2-9H,10H2,1H3,(H2,23,24,25,26)/b21-8+. The lowest BCUT2D eigenvalue weighted by Gasteiger charge is -2.13. The van der Waals surface area contributed by atoms with Crippen molar-refractivity contribution in [2.45, 2.75) is 6.61 Å². The van der Waals surface area contributed by atoms with Crippen molar-refractivity contribution in [2.24, 2.45) is 5.10 Å².